The summed E-state index contributed by atoms with van der Waals surface area (Å²) in [7, 11) is 0. The zero-order valence-electron chi connectivity index (χ0n) is 12.0. The first-order chi connectivity index (χ1) is 10.2. The van der Waals surface area contributed by atoms with Gasteiger partial charge in [0.2, 0.25) is 5.91 Å². The van der Waals surface area contributed by atoms with Gasteiger partial charge in [-0.3, -0.25) is 4.79 Å². The molecule has 0 aromatic heterocycles. The number of carbonyl (C=O) groups excluding carboxylic acids is 2. The van der Waals surface area contributed by atoms with Crippen LogP contribution in [0.1, 0.15) is 12.0 Å². The Morgan fingerprint density at radius 2 is 2.10 bits per heavy atom. The number of likely N-dealkylation sites (tertiary alicyclic amines) is 1. The number of rotatable bonds is 5. The molecule has 1 atom stereocenters. The second kappa shape index (κ2) is 7.64. The van der Waals surface area contributed by atoms with Crippen LogP contribution in [-0.2, 0) is 16.1 Å². The Hall–Kier alpha value is -2.08. The molecule has 6 heteroatoms. The fourth-order valence-corrected chi connectivity index (χ4v) is 2.31. The molecule has 1 heterocycles. The number of amides is 2. The molecular formula is C15H21N3O3. The van der Waals surface area contributed by atoms with Crippen LogP contribution >= 0.6 is 0 Å². The van der Waals surface area contributed by atoms with E-state index >= 15 is 0 Å². The summed E-state index contributed by atoms with van der Waals surface area (Å²) in [4.78, 5) is 24.7. The van der Waals surface area contributed by atoms with Crippen LogP contribution in [-0.4, -0.2) is 43.1 Å². The quantitative estimate of drug-likeness (QED) is 0.837. The van der Waals surface area contributed by atoms with Gasteiger partial charge in [0, 0.05) is 19.6 Å². The maximum atomic E-state index is 12.0. The summed E-state index contributed by atoms with van der Waals surface area (Å²) in [5, 5.41) is 2.75. The summed E-state index contributed by atoms with van der Waals surface area (Å²) in [6, 6.07) is 9.58. The minimum absolute atomic E-state index is 0.00441. The van der Waals surface area contributed by atoms with Gasteiger partial charge in [-0.2, -0.15) is 0 Å². The van der Waals surface area contributed by atoms with E-state index in [-0.39, 0.29) is 31.1 Å². The highest BCUT2D eigenvalue weighted by atomic mass is 16.6. The molecule has 21 heavy (non-hydrogen) atoms. The summed E-state index contributed by atoms with van der Waals surface area (Å²) in [5.41, 5.74) is 6.20. The standard InChI is InChI=1S/C15H21N3O3/c16-8-14(19)17-9-13-6-7-18(10-13)15(20)21-11-12-4-2-1-3-5-12/h1-5,13H,6-11,16H2,(H,17,19). The van der Waals surface area contributed by atoms with Crippen molar-refractivity contribution in [1.82, 2.24) is 10.2 Å². The Labute approximate surface area is 124 Å². The highest BCUT2D eigenvalue weighted by Gasteiger charge is 2.27. The molecule has 0 bridgehead atoms. The first-order valence-electron chi connectivity index (χ1n) is 7.11. The number of nitrogens with one attached hydrogen (secondary N) is 1. The molecule has 1 saturated heterocycles. The molecule has 114 valence electrons. The van der Waals surface area contributed by atoms with Gasteiger partial charge >= 0.3 is 6.09 Å². The highest BCUT2D eigenvalue weighted by Crippen LogP contribution is 2.16. The van der Waals surface area contributed by atoms with E-state index < -0.39 is 0 Å². The molecule has 0 aliphatic carbocycles. The molecule has 0 spiro atoms. The van der Waals surface area contributed by atoms with Crippen LogP contribution in [0.2, 0.25) is 0 Å². The molecule has 6 nitrogen and oxygen atoms in total. The topological polar surface area (TPSA) is 84.7 Å². The van der Waals surface area contributed by atoms with Gasteiger partial charge in [-0.25, -0.2) is 4.79 Å². The van der Waals surface area contributed by atoms with Crippen molar-refractivity contribution in [3.63, 3.8) is 0 Å². The normalized spacial score (nSPS) is 17.6. The van der Waals surface area contributed by atoms with E-state index in [1.165, 1.54) is 0 Å². The monoisotopic (exact) mass is 291 g/mol. The smallest absolute Gasteiger partial charge is 0.410 e. The lowest BCUT2D eigenvalue weighted by molar-refractivity contribution is -0.119. The van der Waals surface area contributed by atoms with E-state index in [0.717, 1.165) is 12.0 Å². The Morgan fingerprint density at radius 3 is 2.81 bits per heavy atom. The average Bonchev–Trinajstić information content (AvgIpc) is 3.00. The van der Waals surface area contributed by atoms with Crippen LogP contribution in [0.3, 0.4) is 0 Å². The zero-order valence-corrected chi connectivity index (χ0v) is 12.0. The van der Waals surface area contributed by atoms with E-state index in [9.17, 15) is 9.59 Å². The first kappa shape index (κ1) is 15.3. The van der Waals surface area contributed by atoms with Crippen molar-refractivity contribution in [3.8, 4) is 0 Å². The molecule has 1 aliphatic rings. The fourth-order valence-electron chi connectivity index (χ4n) is 2.31. The van der Waals surface area contributed by atoms with Gasteiger partial charge in [0.25, 0.3) is 0 Å². The van der Waals surface area contributed by atoms with Gasteiger partial charge in [-0.05, 0) is 17.9 Å². The summed E-state index contributed by atoms with van der Waals surface area (Å²) in [6.07, 6.45) is 0.567. The van der Waals surface area contributed by atoms with Crippen LogP contribution in [0, 0.1) is 5.92 Å². The molecule has 2 amide bonds. The second-order valence-electron chi connectivity index (χ2n) is 5.15. The molecule has 0 saturated carbocycles. The lowest BCUT2D eigenvalue weighted by atomic mass is 10.1. The molecular weight excluding hydrogens is 270 g/mol. The molecule has 3 N–H and O–H groups in total. The summed E-state index contributed by atoms with van der Waals surface area (Å²) >= 11 is 0. The fraction of sp³-hybridized carbons (Fsp3) is 0.467. The molecule has 1 unspecified atom stereocenters. The summed E-state index contributed by atoms with van der Waals surface area (Å²) in [5.74, 6) is 0.102. The number of hydrogen-bond acceptors (Lipinski definition) is 4. The lowest BCUT2D eigenvalue weighted by Gasteiger charge is -2.16. The predicted molar refractivity (Wildman–Crippen MR) is 78.4 cm³/mol. The number of benzene rings is 1. The Bertz CT molecular complexity index is 478. The SMILES string of the molecule is NCC(=O)NCC1CCN(C(=O)OCc2ccccc2)C1. The van der Waals surface area contributed by atoms with Crippen molar-refractivity contribution in [3.05, 3.63) is 35.9 Å². The molecule has 1 fully saturated rings. The van der Waals surface area contributed by atoms with Gasteiger partial charge in [0.05, 0.1) is 6.54 Å². The number of nitrogens with zero attached hydrogens (tertiary/aromatic N) is 1. The molecule has 1 aromatic rings. The minimum Gasteiger partial charge on any atom is -0.445 e. The Kier molecular flexibility index (Phi) is 5.57. The van der Waals surface area contributed by atoms with Crippen LogP contribution in [0.4, 0.5) is 4.79 Å². The van der Waals surface area contributed by atoms with Crippen LogP contribution < -0.4 is 11.1 Å². The van der Waals surface area contributed by atoms with Gasteiger partial charge in [0.1, 0.15) is 6.61 Å². The summed E-state index contributed by atoms with van der Waals surface area (Å²) in [6.45, 7) is 2.11. The number of hydrogen-bond donors (Lipinski definition) is 2. The average molecular weight is 291 g/mol. The summed E-state index contributed by atoms with van der Waals surface area (Å²) < 4.78 is 5.29. The Balaban J connectivity index is 1.71. The van der Waals surface area contributed by atoms with Gasteiger partial charge in [-0.1, -0.05) is 30.3 Å². The molecule has 1 aromatic carbocycles. The van der Waals surface area contributed by atoms with E-state index in [0.29, 0.717) is 19.6 Å². The van der Waals surface area contributed by atoms with E-state index in [1.807, 2.05) is 30.3 Å². The second-order valence-corrected chi connectivity index (χ2v) is 5.15. The predicted octanol–water partition coefficient (Wildman–Crippen LogP) is 0.720. The zero-order chi connectivity index (χ0) is 15.1. The molecule has 1 aliphatic heterocycles. The maximum Gasteiger partial charge on any atom is 0.410 e. The number of carbonyl (C=O) groups is 2. The largest absolute Gasteiger partial charge is 0.445 e. The molecule has 0 radical (unpaired) electrons. The van der Waals surface area contributed by atoms with E-state index in [1.54, 1.807) is 4.90 Å². The van der Waals surface area contributed by atoms with Crippen molar-refractivity contribution in [2.45, 2.75) is 13.0 Å². The highest BCUT2D eigenvalue weighted by molar-refractivity contribution is 5.77. The van der Waals surface area contributed by atoms with Gasteiger partial charge in [0.15, 0.2) is 0 Å². The lowest BCUT2D eigenvalue weighted by Crippen LogP contribution is -2.36. The van der Waals surface area contributed by atoms with Crippen molar-refractivity contribution < 1.29 is 14.3 Å². The Morgan fingerprint density at radius 1 is 1.33 bits per heavy atom. The van der Waals surface area contributed by atoms with Crippen LogP contribution in [0.25, 0.3) is 0 Å². The van der Waals surface area contributed by atoms with Crippen LogP contribution in [0.5, 0.6) is 0 Å². The number of nitrogens with two attached hydrogens (primary N) is 1. The third-order valence-electron chi connectivity index (χ3n) is 3.52. The van der Waals surface area contributed by atoms with E-state index in [4.69, 9.17) is 10.5 Å². The van der Waals surface area contributed by atoms with Crippen molar-refractivity contribution in [2.24, 2.45) is 11.7 Å². The van der Waals surface area contributed by atoms with Gasteiger partial charge < -0.3 is 20.7 Å². The van der Waals surface area contributed by atoms with Crippen LogP contribution in [0.15, 0.2) is 30.3 Å². The van der Waals surface area contributed by atoms with E-state index in [2.05, 4.69) is 5.32 Å². The van der Waals surface area contributed by atoms with Gasteiger partial charge in [-0.15, -0.1) is 0 Å². The number of ether oxygens (including phenoxy) is 1. The third-order valence-corrected chi connectivity index (χ3v) is 3.52. The molecule has 2 rings (SSSR count). The third kappa shape index (κ3) is 4.75. The maximum absolute atomic E-state index is 12.0. The van der Waals surface area contributed by atoms with Crippen molar-refractivity contribution in [1.29, 1.82) is 0 Å². The van der Waals surface area contributed by atoms with Crippen molar-refractivity contribution in [2.75, 3.05) is 26.2 Å². The van der Waals surface area contributed by atoms with Crippen molar-refractivity contribution >= 4 is 12.0 Å². The first-order valence-corrected chi connectivity index (χ1v) is 7.11. The minimum atomic E-state index is -0.300.